The minimum absolute atomic E-state index is 0.340. The lowest BCUT2D eigenvalue weighted by molar-refractivity contribution is 0.111. The molecule has 4 rings (SSSR count). The first kappa shape index (κ1) is 12.1. The van der Waals surface area contributed by atoms with Crippen molar-refractivity contribution >= 4 is 33.4 Å². The van der Waals surface area contributed by atoms with Gasteiger partial charge in [0.25, 0.3) is 0 Å². The van der Waals surface area contributed by atoms with Crippen LogP contribution >= 0.6 is 11.3 Å². The zero-order valence-corrected chi connectivity index (χ0v) is 11.7. The molecule has 0 aliphatic carbocycles. The number of aldehydes is 1. The van der Waals surface area contributed by atoms with Crippen LogP contribution in [0.15, 0.2) is 54.0 Å². The predicted molar refractivity (Wildman–Crippen MR) is 82.5 cm³/mol. The Morgan fingerprint density at radius 2 is 2.00 bits per heavy atom. The van der Waals surface area contributed by atoms with Crippen molar-refractivity contribution in [3.63, 3.8) is 0 Å². The van der Waals surface area contributed by atoms with Crippen LogP contribution in [-0.2, 0) is 0 Å². The lowest BCUT2D eigenvalue weighted by Crippen LogP contribution is -1.91. The van der Waals surface area contributed by atoms with Crippen LogP contribution in [-0.4, -0.2) is 15.7 Å². The predicted octanol–water partition coefficient (Wildman–Crippen LogP) is 4.15. The number of thiazole rings is 1. The van der Waals surface area contributed by atoms with Crippen LogP contribution in [0.4, 0.5) is 0 Å². The summed E-state index contributed by atoms with van der Waals surface area (Å²) in [6, 6.07) is 13.9. The van der Waals surface area contributed by atoms with Crippen molar-refractivity contribution in [2.75, 3.05) is 0 Å². The van der Waals surface area contributed by atoms with Crippen LogP contribution in [0, 0.1) is 0 Å². The molecule has 21 heavy (non-hydrogen) atoms. The van der Waals surface area contributed by atoms with Crippen molar-refractivity contribution in [3.8, 4) is 11.6 Å². The Balaban J connectivity index is 1.78. The average Bonchev–Trinajstić information content (AvgIpc) is 3.07. The summed E-state index contributed by atoms with van der Waals surface area (Å²) in [6.45, 7) is 0. The zero-order valence-electron chi connectivity index (χ0n) is 10.9. The standard InChI is InChI=1S/C16H10N2O2S/c19-10-14-15(17-16-18(14)7-8-21-16)20-13-6-5-11-3-1-2-4-12(11)9-13/h1-10H. The van der Waals surface area contributed by atoms with Crippen molar-refractivity contribution < 1.29 is 9.53 Å². The van der Waals surface area contributed by atoms with Crippen molar-refractivity contribution in [1.82, 2.24) is 9.38 Å². The molecule has 0 fully saturated rings. The van der Waals surface area contributed by atoms with E-state index in [0.717, 1.165) is 22.0 Å². The van der Waals surface area contributed by atoms with Gasteiger partial charge in [-0.1, -0.05) is 30.3 Å². The van der Waals surface area contributed by atoms with Crippen LogP contribution in [0.3, 0.4) is 0 Å². The Bertz CT molecular complexity index is 955. The molecule has 2 heterocycles. The van der Waals surface area contributed by atoms with Crippen LogP contribution in [0.25, 0.3) is 15.7 Å². The van der Waals surface area contributed by atoms with Crippen molar-refractivity contribution in [2.24, 2.45) is 0 Å². The van der Waals surface area contributed by atoms with E-state index in [4.69, 9.17) is 4.74 Å². The van der Waals surface area contributed by atoms with Gasteiger partial charge in [0, 0.05) is 11.6 Å². The maximum atomic E-state index is 11.3. The molecule has 0 aliphatic rings. The fraction of sp³-hybridized carbons (Fsp3) is 0. The molecule has 0 atom stereocenters. The Hall–Kier alpha value is -2.66. The molecule has 5 heteroatoms. The summed E-state index contributed by atoms with van der Waals surface area (Å²) >= 11 is 1.46. The maximum Gasteiger partial charge on any atom is 0.250 e. The number of carbonyl (C=O) groups is 1. The Labute approximate surface area is 124 Å². The molecule has 4 aromatic rings. The third-order valence-electron chi connectivity index (χ3n) is 3.31. The number of ether oxygens (including phenoxy) is 1. The fourth-order valence-corrected chi connectivity index (χ4v) is 3.02. The van der Waals surface area contributed by atoms with Crippen molar-refractivity contribution in [2.45, 2.75) is 0 Å². The van der Waals surface area contributed by atoms with E-state index in [1.807, 2.05) is 54.0 Å². The maximum absolute atomic E-state index is 11.3. The summed E-state index contributed by atoms with van der Waals surface area (Å²) in [5.41, 5.74) is 0.430. The van der Waals surface area contributed by atoms with Crippen LogP contribution < -0.4 is 4.74 Å². The SMILES string of the molecule is O=Cc1c(Oc2ccc3ccccc3c2)nc2sccn12. The van der Waals surface area contributed by atoms with Crippen LogP contribution in [0.2, 0.25) is 0 Å². The Morgan fingerprint density at radius 3 is 2.86 bits per heavy atom. The molecule has 0 saturated carbocycles. The number of hydrogen-bond acceptors (Lipinski definition) is 4. The van der Waals surface area contributed by atoms with E-state index in [1.54, 1.807) is 4.40 Å². The molecular formula is C16H10N2O2S. The molecule has 102 valence electrons. The van der Waals surface area contributed by atoms with E-state index < -0.39 is 0 Å². The van der Waals surface area contributed by atoms with Gasteiger partial charge in [-0.05, 0) is 22.9 Å². The quantitative estimate of drug-likeness (QED) is 0.533. The van der Waals surface area contributed by atoms with E-state index in [2.05, 4.69) is 4.98 Å². The molecule has 0 bridgehead atoms. The summed E-state index contributed by atoms with van der Waals surface area (Å²) in [4.78, 5) is 16.4. The number of hydrogen-bond donors (Lipinski definition) is 0. The van der Waals surface area contributed by atoms with E-state index in [-0.39, 0.29) is 0 Å². The highest BCUT2D eigenvalue weighted by Crippen LogP contribution is 2.28. The zero-order chi connectivity index (χ0) is 14.2. The highest BCUT2D eigenvalue weighted by molar-refractivity contribution is 7.15. The molecule has 0 aliphatic heterocycles. The first-order chi connectivity index (χ1) is 10.3. The first-order valence-corrected chi connectivity index (χ1v) is 7.30. The van der Waals surface area contributed by atoms with E-state index >= 15 is 0 Å². The van der Waals surface area contributed by atoms with E-state index in [1.165, 1.54) is 11.3 Å². The van der Waals surface area contributed by atoms with Gasteiger partial charge in [0.1, 0.15) is 5.75 Å². The third kappa shape index (κ3) is 1.98. The van der Waals surface area contributed by atoms with Gasteiger partial charge in [0.15, 0.2) is 16.9 Å². The largest absolute Gasteiger partial charge is 0.437 e. The second-order valence-corrected chi connectivity index (χ2v) is 5.46. The molecular weight excluding hydrogens is 284 g/mol. The van der Waals surface area contributed by atoms with Gasteiger partial charge < -0.3 is 4.74 Å². The van der Waals surface area contributed by atoms with E-state index in [0.29, 0.717) is 17.3 Å². The number of benzene rings is 2. The van der Waals surface area contributed by atoms with Gasteiger partial charge in [0.2, 0.25) is 5.88 Å². The lowest BCUT2D eigenvalue weighted by Gasteiger charge is -2.04. The fourth-order valence-electron chi connectivity index (χ4n) is 2.31. The number of aromatic nitrogens is 2. The summed E-state index contributed by atoms with van der Waals surface area (Å²) in [5, 5.41) is 4.12. The van der Waals surface area contributed by atoms with E-state index in [9.17, 15) is 4.79 Å². The van der Waals surface area contributed by atoms with Gasteiger partial charge in [-0.15, -0.1) is 11.3 Å². The summed E-state index contributed by atoms with van der Waals surface area (Å²) in [7, 11) is 0. The molecule has 0 unspecified atom stereocenters. The monoisotopic (exact) mass is 294 g/mol. The van der Waals surface area contributed by atoms with Crippen LogP contribution in [0.5, 0.6) is 11.6 Å². The lowest BCUT2D eigenvalue weighted by atomic mass is 10.1. The topological polar surface area (TPSA) is 43.6 Å². The number of carbonyl (C=O) groups excluding carboxylic acids is 1. The van der Waals surface area contributed by atoms with Crippen LogP contribution in [0.1, 0.15) is 10.5 Å². The second kappa shape index (κ2) is 4.71. The first-order valence-electron chi connectivity index (χ1n) is 6.42. The average molecular weight is 294 g/mol. The molecule has 0 amide bonds. The molecule has 2 aromatic heterocycles. The molecule has 0 saturated heterocycles. The normalized spacial score (nSPS) is 11.0. The third-order valence-corrected chi connectivity index (χ3v) is 4.07. The van der Waals surface area contributed by atoms with Gasteiger partial charge >= 0.3 is 0 Å². The molecule has 4 nitrogen and oxygen atoms in total. The van der Waals surface area contributed by atoms with Gasteiger partial charge in [-0.25, -0.2) is 0 Å². The van der Waals surface area contributed by atoms with Crippen molar-refractivity contribution in [1.29, 1.82) is 0 Å². The molecule has 0 spiro atoms. The Kier molecular flexibility index (Phi) is 2.72. The minimum Gasteiger partial charge on any atom is -0.437 e. The Morgan fingerprint density at radius 1 is 1.14 bits per heavy atom. The summed E-state index contributed by atoms with van der Waals surface area (Å²) in [5.74, 6) is 1.01. The van der Waals surface area contributed by atoms with Gasteiger partial charge in [-0.3, -0.25) is 9.20 Å². The highest BCUT2D eigenvalue weighted by Gasteiger charge is 2.14. The summed E-state index contributed by atoms with van der Waals surface area (Å²) < 4.78 is 7.53. The van der Waals surface area contributed by atoms with Gasteiger partial charge in [0.05, 0.1) is 0 Å². The number of nitrogens with zero attached hydrogens (tertiary/aromatic N) is 2. The number of rotatable bonds is 3. The summed E-state index contributed by atoms with van der Waals surface area (Å²) in [6.07, 6.45) is 2.58. The second-order valence-electron chi connectivity index (χ2n) is 4.59. The smallest absolute Gasteiger partial charge is 0.250 e. The van der Waals surface area contributed by atoms with Crippen molar-refractivity contribution in [3.05, 3.63) is 59.7 Å². The van der Waals surface area contributed by atoms with Gasteiger partial charge in [-0.2, -0.15) is 4.98 Å². The number of imidazole rings is 1. The molecule has 0 radical (unpaired) electrons. The minimum atomic E-state index is 0.340. The highest BCUT2D eigenvalue weighted by atomic mass is 32.1. The molecule has 2 aromatic carbocycles. The molecule has 0 N–H and O–H groups in total. The number of fused-ring (bicyclic) bond motifs is 2.